The van der Waals surface area contributed by atoms with Gasteiger partial charge in [-0.2, -0.15) is 0 Å². The van der Waals surface area contributed by atoms with E-state index in [2.05, 4.69) is 41.9 Å². The molecule has 2 amide bonds. The van der Waals surface area contributed by atoms with Crippen molar-refractivity contribution in [1.82, 2.24) is 5.32 Å². The Morgan fingerprint density at radius 2 is 1.54 bits per heavy atom. The molecule has 0 fully saturated rings. The summed E-state index contributed by atoms with van der Waals surface area (Å²) in [5.74, 6) is 0.0182. The van der Waals surface area contributed by atoms with Crippen LogP contribution in [0.5, 0.6) is 0 Å². The van der Waals surface area contributed by atoms with Crippen LogP contribution in [0.2, 0.25) is 0 Å². The van der Waals surface area contributed by atoms with Gasteiger partial charge in [-0.1, -0.05) is 62.4 Å². The predicted molar refractivity (Wildman–Crippen MR) is 113 cm³/mol. The molecular formula is C23H32N3O2+. The molecule has 0 unspecified atom stereocenters. The molecule has 2 atom stereocenters. The second kappa shape index (κ2) is 10.0. The third kappa shape index (κ3) is 5.92. The summed E-state index contributed by atoms with van der Waals surface area (Å²) in [4.78, 5) is 24.8. The Morgan fingerprint density at radius 1 is 0.929 bits per heavy atom. The summed E-state index contributed by atoms with van der Waals surface area (Å²) in [6.07, 6.45) is 0. The van der Waals surface area contributed by atoms with E-state index in [0.717, 1.165) is 16.8 Å². The first-order chi connectivity index (χ1) is 13.3. The minimum absolute atomic E-state index is 0.0392. The number of amides is 2. The van der Waals surface area contributed by atoms with Gasteiger partial charge in [0.05, 0.1) is 6.54 Å². The molecule has 0 bridgehead atoms. The average molecular weight is 383 g/mol. The van der Waals surface area contributed by atoms with E-state index < -0.39 is 0 Å². The number of hydrogen-bond acceptors (Lipinski definition) is 2. The fourth-order valence-electron chi connectivity index (χ4n) is 3.32. The van der Waals surface area contributed by atoms with Gasteiger partial charge in [-0.05, 0) is 31.9 Å². The number of hydrogen-bond donors (Lipinski definition) is 3. The lowest BCUT2D eigenvalue weighted by Crippen LogP contribution is -2.93. The zero-order chi connectivity index (χ0) is 20.7. The largest absolute Gasteiger partial charge is 0.342 e. The number of carbonyl (C=O) groups is 2. The van der Waals surface area contributed by atoms with Crippen LogP contribution in [0.15, 0.2) is 48.5 Å². The summed E-state index contributed by atoms with van der Waals surface area (Å²) in [6, 6.07) is 16.0. The fraction of sp³-hybridized carbons (Fsp3) is 0.391. The van der Waals surface area contributed by atoms with Crippen LogP contribution in [0.25, 0.3) is 0 Å². The molecule has 0 spiro atoms. The Morgan fingerprint density at radius 3 is 2.11 bits per heavy atom. The molecule has 0 aliphatic rings. The van der Waals surface area contributed by atoms with Gasteiger partial charge in [-0.3, -0.25) is 9.59 Å². The molecule has 4 N–H and O–H groups in total. The normalized spacial score (nSPS) is 13.1. The number of nitrogens with one attached hydrogen (secondary N) is 2. The molecule has 0 saturated heterocycles. The van der Waals surface area contributed by atoms with Crippen LogP contribution < -0.4 is 16.0 Å². The lowest BCUT2D eigenvalue weighted by molar-refractivity contribution is -0.719. The zero-order valence-electron chi connectivity index (χ0n) is 17.5. The number of carbonyl (C=O) groups excluding carboxylic acids is 2. The zero-order valence-corrected chi connectivity index (χ0v) is 17.5. The highest BCUT2D eigenvalue weighted by molar-refractivity contribution is 5.96. The van der Waals surface area contributed by atoms with Gasteiger partial charge < -0.3 is 16.0 Å². The molecule has 28 heavy (non-hydrogen) atoms. The summed E-state index contributed by atoms with van der Waals surface area (Å²) in [5, 5.41) is 7.72. The smallest absolute Gasteiger partial charge is 0.278 e. The Labute approximate surface area is 167 Å². The number of quaternary nitrogens is 1. The lowest BCUT2D eigenvalue weighted by atomic mass is 9.95. The van der Waals surface area contributed by atoms with Crippen molar-refractivity contribution in [2.24, 2.45) is 5.92 Å². The number of anilines is 1. The van der Waals surface area contributed by atoms with E-state index in [0.29, 0.717) is 5.92 Å². The molecule has 0 radical (unpaired) electrons. The Kier molecular flexibility index (Phi) is 7.76. The molecule has 0 aliphatic carbocycles. The van der Waals surface area contributed by atoms with Crippen LogP contribution in [-0.4, -0.2) is 24.4 Å². The maximum absolute atomic E-state index is 12.5. The molecule has 0 heterocycles. The summed E-state index contributed by atoms with van der Waals surface area (Å²) in [7, 11) is 0. The molecule has 0 saturated carbocycles. The van der Waals surface area contributed by atoms with Gasteiger partial charge in [0.1, 0.15) is 6.04 Å². The highest BCUT2D eigenvalue weighted by Gasteiger charge is 2.25. The number of benzene rings is 2. The topological polar surface area (TPSA) is 74.8 Å². The number of nitrogens with two attached hydrogens (primary N) is 1. The Bertz CT molecular complexity index is 782. The van der Waals surface area contributed by atoms with Crippen molar-refractivity contribution in [3.05, 3.63) is 65.2 Å². The molecular weight excluding hydrogens is 350 g/mol. The van der Waals surface area contributed by atoms with Crippen molar-refractivity contribution in [2.45, 2.75) is 46.7 Å². The quantitative estimate of drug-likeness (QED) is 0.657. The molecule has 0 aliphatic heterocycles. The first-order valence-corrected chi connectivity index (χ1v) is 9.83. The van der Waals surface area contributed by atoms with Gasteiger partial charge in [0.2, 0.25) is 5.91 Å². The Hall–Kier alpha value is -2.66. The third-order valence-corrected chi connectivity index (χ3v) is 4.98. The van der Waals surface area contributed by atoms with Gasteiger partial charge in [0.15, 0.2) is 6.04 Å². The highest BCUT2D eigenvalue weighted by atomic mass is 16.2. The van der Waals surface area contributed by atoms with E-state index in [1.54, 1.807) is 0 Å². The van der Waals surface area contributed by atoms with Crippen molar-refractivity contribution >= 4 is 17.5 Å². The molecule has 5 nitrogen and oxygen atoms in total. The molecule has 2 aromatic carbocycles. The Balaban J connectivity index is 1.90. The highest BCUT2D eigenvalue weighted by Crippen LogP contribution is 2.19. The van der Waals surface area contributed by atoms with E-state index in [-0.39, 0.29) is 30.4 Å². The number of para-hydroxylation sites is 1. The van der Waals surface area contributed by atoms with E-state index in [1.165, 1.54) is 5.56 Å². The standard InChI is InChI=1S/C23H31N3O2/c1-15(2)21(19-12-7-6-8-13-19)25-18(5)23(28)24-14-20(27)26-22-16(3)10-9-11-17(22)4/h6-13,15,18,21,25H,14H2,1-5H3,(H,24,28)(H,26,27)/p+1/t18-,21-/m1/s1. The first kappa shape index (κ1) is 21.6. The summed E-state index contributed by atoms with van der Waals surface area (Å²) >= 11 is 0. The van der Waals surface area contributed by atoms with Crippen LogP contribution in [0.1, 0.15) is 43.5 Å². The number of aryl methyl sites for hydroxylation is 2. The van der Waals surface area contributed by atoms with Gasteiger partial charge in [-0.15, -0.1) is 0 Å². The van der Waals surface area contributed by atoms with E-state index in [4.69, 9.17) is 0 Å². The number of rotatable bonds is 8. The van der Waals surface area contributed by atoms with Crippen LogP contribution in [0.4, 0.5) is 5.69 Å². The third-order valence-electron chi connectivity index (χ3n) is 4.98. The molecule has 2 aromatic rings. The van der Waals surface area contributed by atoms with Crippen molar-refractivity contribution in [3.8, 4) is 0 Å². The van der Waals surface area contributed by atoms with E-state index >= 15 is 0 Å². The molecule has 5 heteroatoms. The summed E-state index contributed by atoms with van der Waals surface area (Å²) in [5.41, 5.74) is 4.02. The van der Waals surface area contributed by atoms with Crippen LogP contribution >= 0.6 is 0 Å². The first-order valence-electron chi connectivity index (χ1n) is 9.83. The minimum atomic E-state index is -0.291. The van der Waals surface area contributed by atoms with Crippen LogP contribution in [-0.2, 0) is 9.59 Å². The average Bonchev–Trinajstić information content (AvgIpc) is 2.67. The van der Waals surface area contributed by atoms with Gasteiger partial charge in [0.25, 0.3) is 5.91 Å². The predicted octanol–water partition coefficient (Wildman–Crippen LogP) is 2.71. The molecule has 2 rings (SSSR count). The van der Waals surface area contributed by atoms with Crippen molar-refractivity contribution in [1.29, 1.82) is 0 Å². The minimum Gasteiger partial charge on any atom is -0.342 e. The van der Waals surface area contributed by atoms with E-state index in [1.807, 2.05) is 57.2 Å². The summed E-state index contributed by atoms with van der Waals surface area (Å²) in [6.45, 7) is 10.0. The maximum atomic E-state index is 12.5. The van der Waals surface area contributed by atoms with Gasteiger partial charge in [0, 0.05) is 17.2 Å². The molecule has 150 valence electrons. The molecule has 0 aromatic heterocycles. The lowest BCUT2D eigenvalue weighted by Gasteiger charge is -2.23. The monoisotopic (exact) mass is 382 g/mol. The van der Waals surface area contributed by atoms with E-state index in [9.17, 15) is 9.59 Å². The second-order valence-electron chi connectivity index (χ2n) is 7.69. The van der Waals surface area contributed by atoms with Crippen LogP contribution in [0, 0.1) is 19.8 Å². The fourth-order valence-corrected chi connectivity index (χ4v) is 3.32. The van der Waals surface area contributed by atoms with Gasteiger partial charge >= 0.3 is 0 Å². The second-order valence-corrected chi connectivity index (χ2v) is 7.69. The van der Waals surface area contributed by atoms with Gasteiger partial charge in [-0.25, -0.2) is 0 Å². The van der Waals surface area contributed by atoms with Crippen molar-refractivity contribution in [3.63, 3.8) is 0 Å². The maximum Gasteiger partial charge on any atom is 0.278 e. The SMILES string of the molecule is Cc1cccc(C)c1NC(=O)CNC(=O)[C@@H](C)[NH2+][C@@H](c1ccccc1)C(C)C. The van der Waals surface area contributed by atoms with Crippen LogP contribution in [0.3, 0.4) is 0 Å². The summed E-state index contributed by atoms with van der Waals surface area (Å²) < 4.78 is 0. The van der Waals surface area contributed by atoms with Crippen molar-refractivity contribution < 1.29 is 14.9 Å². The van der Waals surface area contributed by atoms with Crippen molar-refractivity contribution in [2.75, 3.05) is 11.9 Å².